The molecule has 1 fully saturated rings. The summed E-state index contributed by atoms with van der Waals surface area (Å²) in [7, 11) is -0.871. The van der Waals surface area contributed by atoms with Gasteiger partial charge in [0.1, 0.15) is 0 Å². The Hall–Kier alpha value is -1.11. The zero-order valence-corrected chi connectivity index (χ0v) is 13.6. The summed E-state index contributed by atoms with van der Waals surface area (Å²) in [6.07, 6.45) is 6.36. The number of urea groups is 1. The Labute approximate surface area is 128 Å². The van der Waals surface area contributed by atoms with Crippen LogP contribution in [-0.2, 0) is 15.6 Å². The average Bonchev–Trinajstić information content (AvgIpc) is 2.44. The standard InChI is InChI=1S/C14H26N2O4S/c1-11(6-9-21(2)20)16-13(19)15-10-14(12(17)18)7-4-3-5-8-14/h11H,3-10H2,1-2H3,(H,17,18)(H2,15,16,19). The minimum absolute atomic E-state index is 0.0824. The molecule has 1 aliphatic carbocycles. The van der Waals surface area contributed by atoms with Gasteiger partial charge >= 0.3 is 12.0 Å². The smallest absolute Gasteiger partial charge is 0.315 e. The summed E-state index contributed by atoms with van der Waals surface area (Å²) in [5, 5.41) is 14.9. The van der Waals surface area contributed by atoms with Crippen molar-refractivity contribution in [1.29, 1.82) is 0 Å². The van der Waals surface area contributed by atoms with Gasteiger partial charge in [0, 0.05) is 35.4 Å². The second kappa shape index (κ2) is 8.36. The molecular formula is C14H26N2O4S. The Morgan fingerprint density at radius 2 is 1.90 bits per heavy atom. The van der Waals surface area contributed by atoms with E-state index in [0.717, 1.165) is 19.3 Å². The molecule has 3 N–H and O–H groups in total. The van der Waals surface area contributed by atoms with Gasteiger partial charge < -0.3 is 15.7 Å². The summed E-state index contributed by atoms with van der Waals surface area (Å²) in [4.78, 5) is 23.3. The first-order valence-electron chi connectivity index (χ1n) is 7.43. The normalized spacial score (nSPS) is 20.3. The average molecular weight is 318 g/mol. The number of amides is 2. The molecule has 2 atom stereocenters. The van der Waals surface area contributed by atoms with Crippen LogP contribution in [0.3, 0.4) is 0 Å². The molecule has 0 spiro atoms. The lowest BCUT2D eigenvalue weighted by Crippen LogP contribution is -2.48. The molecule has 0 radical (unpaired) electrons. The predicted molar refractivity (Wildman–Crippen MR) is 82.7 cm³/mol. The van der Waals surface area contributed by atoms with Crippen molar-refractivity contribution in [2.45, 2.75) is 51.5 Å². The predicted octanol–water partition coefficient (Wildman–Crippen LogP) is 1.48. The van der Waals surface area contributed by atoms with Crippen molar-refractivity contribution in [3.8, 4) is 0 Å². The Balaban J connectivity index is 2.39. The highest BCUT2D eigenvalue weighted by Gasteiger charge is 2.39. The second-order valence-electron chi connectivity index (χ2n) is 5.94. The van der Waals surface area contributed by atoms with Crippen LogP contribution >= 0.6 is 0 Å². The molecule has 0 aliphatic heterocycles. The van der Waals surface area contributed by atoms with Gasteiger partial charge in [-0.15, -0.1) is 0 Å². The van der Waals surface area contributed by atoms with Gasteiger partial charge in [0.25, 0.3) is 0 Å². The van der Waals surface area contributed by atoms with Gasteiger partial charge in [0.05, 0.1) is 5.41 Å². The van der Waals surface area contributed by atoms with E-state index in [2.05, 4.69) is 10.6 Å². The quantitative estimate of drug-likeness (QED) is 0.662. The molecule has 0 heterocycles. The number of hydrogen-bond acceptors (Lipinski definition) is 3. The van der Waals surface area contributed by atoms with Crippen molar-refractivity contribution in [3.63, 3.8) is 0 Å². The molecule has 1 saturated carbocycles. The highest BCUT2D eigenvalue weighted by atomic mass is 32.2. The second-order valence-corrected chi connectivity index (χ2v) is 7.49. The molecule has 1 rings (SSSR count). The molecule has 122 valence electrons. The van der Waals surface area contributed by atoms with Crippen molar-refractivity contribution in [2.24, 2.45) is 5.41 Å². The molecule has 0 saturated heterocycles. The van der Waals surface area contributed by atoms with Gasteiger partial charge in [-0.2, -0.15) is 0 Å². The third-order valence-electron chi connectivity index (χ3n) is 4.07. The maximum atomic E-state index is 11.8. The zero-order chi connectivity index (χ0) is 15.9. The maximum Gasteiger partial charge on any atom is 0.315 e. The topological polar surface area (TPSA) is 95.5 Å². The molecule has 2 amide bonds. The van der Waals surface area contributed by atoms with E-state index in [-0.39, 0.29) is 18.6 Å². The number of carbonyl (C=O) groups is 2. The number of carbonyl (C=O) groups excluding carboxylic acids is 1. The number of hydrogen-bond donors (Lipinski definition) is 3. The molecular weight excluding hydrogens is 292 g/mol. The molecule has 2 unspecified atom stereocenters. The number of carboxylic acid groups (broad SMARTS) is 1. The number of carboxylic acids is 1. The highest BCUT2D eigenvalue weighted by molar-refractivity contribution is 7.84. The fraction of sp³-hybridized carbons (Fsp3) is 0.857. The van der Waals surface area contributed by atoms with Crippen LogP contribution in [0.1, 0.15) is 45.4 Å². The van der Waals surface area contributed by atoms with Gasteiger partial charge in [-0.25, -0.2) is 4.79 Å². The highest BCUT2D eigenvalue weighted by Crippen LogP contribution is 2.35. The van der Waals surface area contributed by atoms with E-state index >= 15 is 0 Å². The lowest BCUT2D eigenvalue weighted by molar-refractivity contribution is -0.150. The van der Waals surface area contributed by atoms with E-state index in [1.807, 2.05) is 6.92 Å². The SMILES string of the molecule is CC(CCS(C)=O)NC(=O)NCC1(C(=O)O)CCCCC1. The van der Waals surface area contributed by atoms with Crippen molar-refractivity contribution < 1.29 is 18.9 Å². The lowest BCUT2D eigenvalue weighted by atomic mass is 9.74. The molecule has 21 heavy (non-hydrogen) atoms. The fourth-order valence-electron chi connectivity index (χ4n) is 2.63. The Kier molecular flexibility index (Phi) is 7.14. The van der Waals surface area contributed by atoms with Crippen LogP contribution in [0.25, 0.3) is 0 Å². The minimum Gasteiger partial charge on any atom is -0.481 e. The molecule has 1 aliphatic rings. The number of nitrogens with one attached hydrogen (secondary N) is 2. The molecule has 6 nitrogen and oxygen atoms in total. The van der Waals surface area contributed by atoms with Crippen LogP contribution in [0, 0.1) is 5.41 Å². The Morgan fingerprint density at radius 3 is 2.43 bits per heavy atom. The number of rotatable bonds is 7. The zero-order valence-electron chi connectivity index (χ0n) is 12.8. The van der Waals surface area contributed by atoms with E-state index < -0.39 is 22.2 Å². The first-order chi connectivity index (χ1) is 9.85. The molecule has 0 bridgehead atoms. The third kappa shape index (κ3) is 6.03. The van der Waals surface area contributed by atoms with E-state index in [1.54, 1.807) is 6.26 Å². The van der Waals surface area contributed by atoms with Crippen molar-refractivity contribution >= 4 is 22.8 Å². The van der Waals surface area contributed by atoms with Crippen molar-refractivity contribution in [2.75, 3.05) is 18.6 Å². The largest absolute Gasteiger partial charge is 0.481 e. The third-order valence-corrected chi connectivity index (χ3v) is 4.88. The summed E-state index contributed by atoms with van der Waals surface area (Å²) in [6.45, 7) is 2.01. The Morgan fingerprint density at radius 1 is 1.29 bits per heavy atom. The van der Waals surface area contributed by atoms with Gasteiger partial charge in [0.2, 0.25) is 0 Å². The minimum atomic E-state index is -0.871. The summed E-state index contributed by atoms with van der Waals surface area (Å²) in [6, 6.07) is -0.434. The summed E-state index contributed by atoms with van der Waals surface area (Å²) < 4.78 is 11.0. The monoisotopic (exact) mass is 318 g/mol. The van der Waals surface area contributed by atoms with Gasteiger partial charge in [0.15, 0.2) is 0 Å². The van der Waals surface area contributed by atoms with E-state index in [9.17, 15) is 18.9 Å². The molecule has 0 aromatic rings. The maximum absolute atomic E-state index is 11.8. The summed E-state index contributed by atoms with van der Waals surface area (Å²) >= 11 is 0. The Bertz CT molecular complexity index is 394. The summed E-state index contributed by atoms with van der Waals surface area (Å²) in [5.41, 5.74) is -0.816. The molecule has 0 aromatic heterocycles. The molecule has 0 aromatic carbocycles. The van der Waals surface area contributed by atoms with Crippen LogP contribution < -0.4 is 10.6 Å². The molecule has 7 heteroatoms. The lowest BCUT2D eigenvalue weighted by Gasteiger charge is -2.33. The van der Waals surface area contributed by atoms with E-state index in [4.69, 9.17) is 0 Å². The van der Waals surface area contributed by atoms with Crippen LogP contribution in [0.4, 0.5) is 4.79 Å². The van der Waals surface area contributed by atoms with Crippen LogP contribution in [0.15, 0.2) is 0 Å². The van der Waals surface area contributed by atoms with E-state index in [0.29, 0.717) is 25.0 Å². The van der Waals surface area contributed by atoms with Crippen molar-refractivity contribution in [3.05, 3.63) is 0 Å². The number of aliphatic carboxylic acids is 1. The van der Waals surface area contributed by atoms with Gasteiger partial charge in [-0.1, -0.05) is 19.3 Å². The first-order valence-corrected chi connectivity index (χ1v) is 9.16. The van der Waals surface area contributed by atoms with Gasteiger partial charge in [-0.3, -0.25) is 9.00 Å². The first kappa shape index (κ1) is 17.9. The van der Waals surface area contributed by atoms with Crippen molar-refractivity contribution in [1.82, 2.24) is 10.6 Å². The van der Waals surface area contributed by atoms with Crippen LogP contribution in [-0.4, -0.2) is 45.9 Å². The van der Waals surface area contributed by atoms with Crippen LogP contribution in [0.5, 0.6) is 0 Å². The van der Waals surface area contributed by atoms with Crippen LogP contribution in [0.2, 0.25) is 0 Å². The van der Waals surface area contributed by atoms with Gasteiger partial charge in [-0.05, 0) is 26.2 Å². The fourth-order valence-corrected chi connectivity index (χ4v) is 3.32. The van der Waals surface area contributed by atoms with E-state index in [1.165, 1.54) is 0 Å². The summed E-state index contributed by atoms with van der Waals surface area (Å²) in [5.74, 6) is -0.280.